The molecule has 0 radical (unpaired) electrons. The number of fused-ring (bicyclic) bond motifs is 2. The molecule has 5 rings (SSSR count). The van der Waals surface area contributed by atoms with Crippen LogP contribution < -0.4 is 15.0 Å². The van der Waals surface area contributed by atoms with Crippen LogP contribution in [0.2, 0.25) is 0 Å². The second-order valence-electron chi connectivity index (χ2n) is 9.76. The Balaban J connectivity index is 1.52. The van der Waals surface area contributed by atoms with E-state index < -0.39 is 0 Å². The number of H-pyrrole nitrogens is 1. The second-order valence-corrected chi connectivity index (χ2v) is 9.76. The minimum Gasteiger partial charge on any atom is -0.486 e. The van der Waals surface area contributed by atoms with Crippen molar-refractivity contribution >= 4 is 10.9 Å². The third kappa shape index (κ3) is 4.90. The van der Waals surface area contributed by atoms with Gasteiger partial charge in [0.15, 0.2) is 17.3 Å². The maximum atomic E-state index is 13.2. The molecule has 10 heteroatoms. The molecule has 10 nitrogen and oxygen atoms in total. The molecular weight excluding hydrogens is 448 g/mol. The summed E-state index contributed by atoms with van der Waals surface area (Å²) in [6, 6.07) is 6.13. The first-order valence-electron chi connectivity index (χ1n) is 12.5. The lowest BCUT2D eigenvalue weighted by molar-refractivity contribution is 0.0822. The molecule has 1 aliphatic heterocycles. The van der Waals surface area contributed by atoms with Crippen LogP contribution in [0.3, 0.4) is 0 Å². The van der Waals surface area contributed by atoms with Crippen molar-refractivity contribution in [2.45, 2.75) is 64.7 Å². The van der Waals surface area contributed by atoms with E-state index >= 15 is 0 Å². The summed E-state index contributed by atoms with van der Waals surface area (Å²) < 4.78 is 18.6. The van der Waals surface area contributed by atoms with Gasteiger partial charge in [-0.15, -0.1) is 5.10 Å². The molecule has 1 unspecified atom stereocenters. The maximum absolute atomic E-state index is 13.2. The fourth-order valence-electron chi connectivity index (χ4n) is 5.38. The van der Waals surface area contributed by atoms with Gasteiger partial charge < -0.3 is 19.2 Å². The molecule has 0 amide bonds. The zero-order chi connectivity index (χ0) is 24.4. The fourth-order valence-corrected chi connectivity index (χ4v) is 5.38. The van der Waals surface area contributed by atoms with Crippen LogP contribution in [0.25, 0.3) is 10.9 Å². The van der Waals surface area contributed by atoms with E-state index in [1.807, 2.05) is 22.9 Å². The quantitative estimate of drug-likeness (QED) is 0.496. The van der Waals surface area contributed by atoms with Crippen LogP contribution in [0.4, 0.5) is 0 Å². The molecule has 1 saturated carbocycles. The van der Waals surface area contributed by atoms with Gasteiger partial charge >= 0.3 is 0 Å². The normalized spacial score (nSPS) is 17.1. The first-order valence-corrected chi connectivity index (χ1v) is 12.5. The van der Waals surface area contributed by atoms with Crippen molar-refractivity contribution in [2.75, 3.05) is 26.9 Å². The molecule has 0 bridgehead atoms. The minimum absolute atomic E-state index is 0.0275. The molecule has 188 valence electrons. The largest absolute Gasteiger partial charge is 0.486 e. The summed E-state index contributed by atoms with van der Waals surface area (Å²) in [6.07, 6.45) is 4.59. The summed E-state index contributed by atoms with van der Waals surface area (Å²) in [5.74, 6) is 2.45. The predicted molar refractivity (Wildman–Crippen MR) is 131 cm³/mol. The van der Waals surface area contributed by atoms with Gasteiger partial charge in [0.2, 0.25) is 0 Å². The van der Waals surface area contributed by atoms with Crippen LogP contribution >= 0.6 is 0 Å². The van der Waals surface area contributed by atoms with Crippen LogP contribution in [-0.4, -0.2) is 63.1 Å². The van der Waals surface area contributed by atoms with E-state index in [4.69, 9.17) is 14.2 Å². The van der Waals surface area contributed by atoms with Gasteiger partial charge in [0, 0.05) is 36.7 Å². The summed E-state index contributed by atoms with van der Waals surface area (Å²) in [7, 11) is 1.68. The Morgan fingerprint density at radius 3 is 2.63 bits per heavy atom. The Morgan fingerprint density at radius 2 is 1.91 bits per heavy atom. The summed E-state index contributed by atoms with van der Waals surface area (Å²) in [4.78, 5) is 18.7. The summed E-state index contributed by atoms with van der Waals surface area (Å²) in [5.41, 5.74) is 1.39. The van der Waals surface area contributed by atoms with Crippen molar-refractivity contribution in [3.8, 4) is 11.5 Å². The van der Waals surface area contributed by atoms with Crippen molar-refractivity contribution < 1.29 is 14.2 Å². The third-order valence-corrected chi connectivity index (χ3v) is 7.05. The van der Waals surface area contributed by atoms with Gasteiger partial charge in [-0.2, -0.15) is 0 Å². The molecule has 3 aromatic rings. The third-order valence-electron chi connectivity index (χ3n) is 7.05. The number of nitrogens with one attached hydrogen (secondary N) is 1. The van der Waals surface area contributed by atoms with Crippen LogP contribution in [-0.2, 0) is 17.8 Å². The number of benzene rings is 1. The molecule has 35 heavy (non-hydrogen) atoms. The van der Waals surface area contributed by atoms with Gasteiger partial charge in [0.05, 0.1) is 24.7 Å². The van der Waals surface area contributed by atoms with Gasteiger partial charge in [-0.25, -0.2) is 4.68 Å². The van der Waals surface area contributed by atoms with E-state index in [1.54, 1.807) is 7.11 Å². The average molecular weight is 483 g/mol. The topological polar surface area (TPSA) is 107 Å². The number of pyridine rings is 1. The molecule has 1 atom stereocenters. The summed E-state index contributed by atoms with van der Waals surface area (Å²) in [5, 5.41) is 13.6. The molecule has 1 aliphatic carbocycles. The van der Waals surface area contributed by atoms with Crippen molar-refractivity contribution in [3.63, 3.8) is 0 Å². The Kier molecular flexibility index (Phi) is 7.01. The molecule has 0 spiro atoms. The van der Waals surface area contributed by atoms with Crippen molar-refractivity contribution in [1.82, 2.24) is 30.1 Å². The Hall–Kier alpha value is -2.98. The fraction of sp³-hybridized carbons (Fsp3) is 0.600. The van der Waals surface area contributed by atoms with Crippen molar-refractivity contribution in [1.29, 1.82) is 0 Å². The van der Waals surface area contributed by atoms with Gasteiger partial charge in [-0.05, 0) is 41.3 Å². The van der Waals surface area contributed by atoms with Gasteiger partial charge in [-0.3, -0.25) is 9.69 Å². The lowest BCUT2D eigenvalue weighted by Gasteiger charge is -2.38. The summed E-state index contributed by atoms with van der Waals surface area (Å²) in [6.45, 7) is 7.06. The van der Waals surface area contributed by atoms with E-state index in [0.717, 1.165) is 35.1 Å². The molecule has 3 heterocycles. The summed E-state index contributed by atoms with van der Waals surface area (Å²) >= 11 is 0. The molecule has 1 aromatic carbocycles. The Bertz CT molecular complexity index is 1220. The van der Waals surface area contributed by atoms with Crippen LogP contribution in [0.5, 0.6) is 11.5 Å². The van der Waals surface area contributed by atoms with Crippen LogP contribution in [0.1, 0.15) is 57.0 Å². The molecule has 2 aromatic heterocycles. The van der Waals surface area contributed by atoms with Crippen LogP contribution in [0.15, 0.2) is 23.0 Å². The average Bonchev–Trinajstić information content (AvgIpc) is 3.54. The lowest BCUT2D eigenvalue weighted by Crippen LogP contribution is -2.41. The highest BCUT2D eigenvalue weighted by Gasteiger charge is 2.35. The number of tetrazole rings is 1. The van der Waals surface area contributed by atoms with E-state index in [0.29, 0.717) is 50.5 Å². The Labute approximate surface area is 204 Å². The monoisotopic (exact) mass is 482 g/mol. The zero-order valence-corrected chi connectivity index (χ0v) is 20.7. The second kappa shape index (κ2) is 10.3. The van der Waals surface area contributed by atoms with Gasteiger partial charge in [0.25, 0.3) is 5.56 Å². The number of methoxy groups -OCH3 is 1. The highest BCUT2D eigenvalue weighted by atomic mass is 16.6. The van der Waals surface area contributed by atoms with E-state index in [2.05, 4.69) is 39.3 Å². The zero-order valence-electron chi connectivity index (χ0n) is 20.7. The van der Waals surface area contributed by atoms with Gasteiger partial charge in [0.1, 0.15) is 13.2 Å². The number of ether oxygens (including phenoxy) is 3. The smallest absolute Gasteiger partial charge is 0.252 e. The van der Waals surface area contributed by atoms with Gasteiger partial charge in [-0.1, -0.05) is 26.7 Å². The number of nitrogens with zero attached hydrogens (tertiary/aromatic N) is 5. The lowest BCUT2D eigenvalue weighted by atomic mass is 9.97. The Morgan fingerprint density at radius 1 is 1.17 bits per heavy atom. The molecule has 1 fully saturated rings. The molecule has 1 N–H and O–H groups in total. The molecular formula is C25H34N6O4. The first-order chi connectivity index (χ1) is 17.0. The predicted octanol–water partition coefficient (Wildman–Crippen LogP) is 3.07. The van der Waals surface area contributed by atoms with Crippen molar-refractivity contribution in [2.24, 2.45) is 5.92 Å². The standard InChI is InChI=1S/C25H34N6O4/c1-16(2)23(24-27-28-29-31(24)8-9-33-3)30(19-6-4-5-7-19)15-18-12-17-13-21-22(35-11-10-34-21)14-20(17)26-25(18)32/h12-14,16,19,23H,4-11,15H2,1-3H3,(H,26,32). The number of aromatic nitrogens is 5. The molecule has 0 saturated heterocycles. The highest BCUT2D eigenvalue weighted by Crippen LogP contribution is 2.37. The molecule has 2 aliphatic rings. The van der Waals surface area contributed by atoms with E-state index in [1.165, 1.54) is 12.8 Å². The minimum atomic E-state index is -0.0846. The number of rotatable bonds is 9. The van der Waals surface area contributed by atoms with Crippen LogP contribution in [0, 0.1) is 5.92 Å². The SMILES string of the molecule is COCCn1nnnc1C(C(C)C)N(Cc1cc2cc3c(cc2[nH]c1=O)OCCO3)C1CCCC1. The van der Waals surface area contributed by atoms with E-state index in [-0.39, 0.29) is 17.5 Å². The maximum Gasteiger partial charge on any atom is 0.252 e. The highest BCUT2D eigenvalue weighted by molar-refractivity contribution is 5.83. The number of hydrogen-bond acceptors (Lipinski definition) is 8. The van der Waals surface area contributed by atoms with E-state index in [9.17, 15) is 4.79 Å². The number of aromatic amines is 1. The number of hydrogen-bond donors (Lipinski definition) is 1. The first kappa shape index (κ1) is 23.7. The van der Waals surface area contributed by atoms with Crippen molar-refractivity contribution in [3.05, 3.63) is 39.9 Å².